The van der Waals surface area contributed by atoms with Crippen LogP contribution in [-0.2, 0) is 6.61 Å². The van der Waals surface area contributed by atoms with Crippen LogP contribution in [0.25, 0.3) is 16.9 Å². The normalized spacial score (nSPS) is 10.6. The van der Waals surface area contributed by atoms with Gasteiger partial charge in [0.05, 0.1) is 18.5 Å². The van der Waals surface area contributed by atoms with E-state index in [0.717, 1.165) is 34.0 Å². The Morgan fingerprint density at radius 3 is 2.21 bits per heavy atom. The molecular formula is C23H21N3O2. The smallest absolute Gasteiger partial charge is 0.146 e. The van der Waals surface area contributed by atoms with Crippen LogP contribution in [0.4, 0.5) is 5.82 Å². The van der Waals surface area contributed by atoms with Crippen LogP contribution in [0.1, 0.15) is 5.56 Å². The van der Waals surface area contributed by atoms with Crippen LogP contribution in [0.2, 0.25) is 0 Å². The average Bonchev–Trinajstić information content (AvgIpc) is 3.15. The molecule has 0 fully saturated rings. The van der Waals surface area contributed by atoms with E-state index in [9.17, 15) is 0 Å². The molecule has 1 heterocycles. The molecule has 0 saturated heterocycles. The van der Waals surface area contributed by atoms with Crippen LogP contribution < -0.4 is 15.2 Å². The van der Waals surface area contributed by atoms with Crippen LogP contribution in [0.15, 0.2) is 84.9 Å². The van der Waals surface area contributed by atoms with Crippen LogP contribution in [0, 0.1) is 0 Å². The number of nitrogen functional groups attached to an aromatic ring is 1. The van der Waals surface area contributed by atoms with Crippen molar-refractivity contribution in [3.63, 3.8) is 0 Å². The van der Waals surface area contributed by atoms with Crippen molar-refractivity contribution in [1.29, 1.82) is 0 Å². The first kappa shape index (κ1) is 17.7. The number of aromatic nitrogens is 2. The minimum atomic E-state index is 0.468. The van der Waals surface area contributed by atoms with Crippen molar-refractivity contribution >= 4 is 5.82 Å². The second kappa shape index (κ2) is 7.88. The highest BCUT2D eigenvalue weighted by atomic mass is 16.5. The summed E-state index contributed by atoms with van der Waals surface area (Å²) < 4.78 is 12.9. The highest BCUT2D eigenvalue weighted by molar-refractivity contribution is 5.66. The van der Waals surface area contributed by atoms with Gasteiger partial charge in [0.2, 0.25) is 0 Å². The Morgan fingerprint density at radius 2 is 1.54 bits per heavy atom. The zero-order valence-corrected chi connectivity index (χ0v) is 15.6. The molecule has 1 aromatic heterocycles. The van der Waals surface area contributed by atoms with E-state index in [4.69, 9.17) is 15.2 Å². The molecule has 0 amide bonds. The zero-order valence-electron chi connectivity index (χ0n) is 15.6. The summed E-state index contributed by atoms with van der Waals surface area (Å²) in [5.41, 5.74) is 9.94. The summed E-state index contributed by atoms with van der Waals surface area (Å²) in [5.74, 6) is 2.08. The second-order valence-electron chi connectivity index (χ2n) is 6.36. The van der Waals surface area contributed by atoms with Crippen LogP contribution in [0.3, 0.4) is 0 Å². The van der Waals surface area contributed by atoms with Gasteiger partial charge in [-0.1, -0.05) is 30.3 Å². The van der Waals surface area contributed by atoms with E-state index >= 15 is 0 Å². The highest BCUT2D eigenvalue weighted by Crippen LogP contribution is 2.27. The fourth-order valence-corrected chi connectivity index (χ4v) is 2.99. The molecule has 3 aromatic carbocycles. The third kappa shape index (κ3) is 3.83. The van der Waals surface area contributed by atoms with Gasteiger partial charge in [-0.15, -0.1) is 0 Å². The van der Waals surface area contributed by atoms with E-state index in [0.29, 0.717) is 12.4 Å². The Kier molecular flexibility index (Phi) is 4.97. The lowest BCUT2D eigenvalue weighted by Gasteiger charge is -2.10. The van der Waals surface area contributed by atoms with Crippen molar-refractivity contribution in [3.8, 4) is 28.4 Å². The monoisotopic (exact) mass is 371 g/mol. The van der Waals surface area contributed by atoms with E-state index in [1.54, 1.807) is 7.11 Å². The number of nitrogens with zero attached hydrogens (tertiary/aromatic N) is 2. The maximum Gasteiger partial charge on any atom is 0.146 e. The topological polar surface area (TPSA) is 62.3 Å². The lowest BCUT2D eigenvalue weighted by atomic mass is 10.1. The Bertz CT molecular complexity index is 1040. The number of hydrogen-bond acceptors (Lipinski definition) is 4. The Labute approximate surface area is 164 Å². The third-order valence-corrected chi connectivity index (χ3v) is 4.44. The van der Waals surface area contributed by atoms with Crippen molar-refractivity contribution in [1.82, 2.24) is 9.78 Å². The molecule has 4 aromatic rings. The van der Waals surface area contributed by atoms with E-state index in [2.05, 4.69) is 5.10 Å². The van der Waals surface area contributed by atoms with E-state index in [-0.39, 0.29) is 0 Å². The van der Waals surface area contributed by atoms with E-state index in [1.807, 2.05) is 89.6 Å². The SMILES string of the molecule is COc1ccc(-n2nc(N)cc2-c2ccc(OCc3ccccc3)cc2)cc1. The first-order chi connectivity index (χ1) is 13.7. The second-order valence-corrected chi connectivity index (χ2v) is 6.36. The molecule has 0 aliphatic heterocycles. The molecule has 5 heteroatoms. The van der Waals surface area contributed by atoms with Crippen molar-refractivity contribution in [2.45, 2.75) is 6.61 Å². The first-order valence-electron chi connectivity index (χ1n) is 9.00. The fourth-order valence-electron chi connectivity index (χ4n) is 2.99. The van der Waals surface area contributed by atoms with E-state index < -0.39 is 0 Å². The van der Waals surface area contributed by atoms with Crippen molar-refractivity contribution in [2.24, 2.45) is 0 Å². The van der Waals surface area contributed by atoms with E-state index in [1.165, 1.54) is 0 Å². The Balaban J connectivity index is 1.55. The van der Waals surface area contributed by atoms with Gasteiger partial charge in [0.25, 0.3) is 0 Å². The van der Waals surface area contributed by atoms with Crippen molar-refractivity contribution < 1.29 is 9.47 Å². The lowest BCUT2D eigenvalue weighted by molar-refractivity contribution is 0.306. The number of methoxy groups -OCH3 is 1. The Hall–Kier alpha value is -3.73. The van der Waals surface area contributed by atoms with Crippen molar-refractivity contribution in [2.75, 3.05) is 12.8 Å². The summed E-state index contributed by atoms with van der Waals surface area (Å²) >= 11 is 0. The standard InChI is InChI=1S/C23H21N3O2/c1-27-20-13-9-19(10-14-20)26-22(15-23(24)25-26)18-7-11-21(12-8-18)28-16-17-5-3-2-4-6-17/h2-15H,16H2,1H3,(H2,24,25). The molecule has 0 atom stereocenters. The van der Waals surface area contributed by atoms with Gasteiger partial charge in [-0.05, 0) is 54.1 Å². The molecule has 0 bridgehead atoms. The largest absolute Gasteiger partial charge is 0.497 e. The summed E-state index contributed by atoms with van der Waals surface area (Å²) in [6.07, 6.45) is 0. The molecule has 0 aliphatic rings. The molecule has 28 heavy (non-hydrogen) atoms. The molecule has 140 valence electrons. The summed E-state index contributed by atoms with van der Waals surface area (Å²) in [5, 5.41) is 4.43. The summed E-state index contributed by atoms with van der Waals surface area (Å²) in [6.45, 7) is 0.539. The average molecular weight is 371 g/mol. The van der Waals surface area contributed by atoms with Crippen LogP contribution in [0.5, 0.6) is 11.5 Å². The molecule has 0 radical (unpaired) electrons. The van der Waals surface area contributed by atoms with Crippen molar-refractivity contribution in [3.05, 3.63) is 90.5 Å². The Morgan fingerprint density at radius 1 is 0.857 bits per heavy atom. The number of ether oxygens (including phenoxy) is 2. The molecule has 2 N–H and O–H groups in total. The number of benzene rings is 3. The fraction of sp³-hybridized carbons (Fsp3) is 0.0870. The van der Waals surface area contributed by atoms with Gasteiger partial charge in [-0.3, -0.25) is 0 Å². The number of nitrogens with two attached hydrogens (primary N) is 1. The summed E-state index contributed by atoms with van der Waals surface area (Å²) in [4.78, 5) is 0. The number of rotatable bonds is 6. The number of hydrogen-bond donors (Lipinski definition) is 1. The number of anilines is 1. The zero-order chi connectivity index (χ0) is 19.3. The van der Waals surface area contributed by atoms with Gasteiger partial charge in [0.15, 0.2) is 0 Å². The lowest BCUT2D eigenvalue weighted by Crippen LogP contribution is -2.00. The maximum atomic E-state index is 5.97. The first-order valence-corrected chi connectivity index (χ1v) is 9.00. The maximum absolute atomic E-state index is 5.97. The van der Waals surface area contributed by atoms with Gasteiger partial charge >= 0.3 is 0 Å². The third-order valence-electron chi connectivity index (χ3n) is 4.44. The van der Waals surface area contributed by atoms with Gasteiger partial charge in [0.1, 0.15) is 23.9 Å². The molecule has 0 spiro atoms. The minimum absolute atomic E-state index is 0.468. The molecule has 4 rings (SSSR count). The quantitative estimate of drug-likeness (QED) is 0.533. The molecule has 0 unspecified atom stereocenters. The summed E-state index contributed by atoms with van der Waals surface area (Å²) in [7, 11) is 1.65. The predicted molar refractivity (Wildman–Crippen MR) is 111 cm³/mol. The van der Waals surface area contributed by atoms with Gasteiger partial charge in [-0.25, -0.2) is 4.68 Å². The summed E-state index contributed by atoms with van der Waals surface area (Å²) in [6, 6.07) is 27.6. The predicted octanol–water partition coefficient (Wildman–Crippen LogP) is 4.71. The molecule has 0 aliphatic carbocycles. The molecular weight excluding hydrogens is 350 g/mol. The van der Waals surface area contributed by atoms with Crippen LogP contribution in [-0.4, -0.2) is 16.9 Å². The van der Waals surface area contributed by atoms with Crippen LogP contribution >= 0.6 is 0 Å². The highest BCUT2D eigenvalue weighted by Gasteiger charge is 2.11. The minimum Gasteiger partial charge on any atom is -0.497 e. The van der Waals surface area contributed by atoms with Gasteiger partial charge in [0, 0.05) is 11.6 Å². The van der Waals surface area contributed by atoms with Gasteiger partial charge in [-0.2, -0.15) is 5.10 Å². The molecule has 5 nitrogen and oxygen atoms in total. The van der Waals surface area contributed by atoms with Gasteiger partial charge < -0.3 is 15.2 Å². The molecule has 0 saturated carbocycles.